The highest BCUT2D eigenvalue weighted by molar-refractivity contribution is 6.02. The number of nitriles is 1. The highest BCUT2D eigenvalue weighted by atomic mass is 16.2. The van der Waals surface area contributed by atoms with Gasteiger partial charge in [-0.3, -0.25) is 9.48 Å². The van der Waals surface area contributed by atoms with Gasteiger partial charge in [-0.05, 0) is 25.5 Å². The van der Waals surface area contributed by atoms with Crippen molar-refractivity contribution < 1.29 is 4.79 Å². The largest absolute Gasteiger partial charge is 0.309 e. The molecule has 0 radical (unpaired) electrons. The van der Waals surface area contributed by atoms with Crippen LogP contribution in [0.3, 0.4) is 0 Å². The summed E-state index contributed by atoms with van der Waals surface area (Å²) in [5.41, 5.74) is 4.63. The van der Waals surface area contributed by atoms with Gasteiger partial charge in [-0.2, -0.15) is 15.5 Å². The Balaban J connectivity index is 0.000000547. The smallest absolute Gasteiger partial charge is 0.244 e. The van der Waals surface area contributed by atoms with E-state index in [4.69, 9.17) is 5.26 Å². The molecule has 2 fully saturated rings. The van der Waals surface area contributed by atoms with E-state index in [2.05, 4.69) is 16.3 Å². The summed E-state index contributed by atoms with van der Waals surface area (Å²) in [6, 6.07) is 5.92. The summed E-state index contributed by atoms with van der Waals surface area (Å²) in [4.78, 5) is 14.1. The number of nitrogens with zero attached hydrogens (tertiary/aromatic N) is 6. The molecule has 4 heterocycles. The zero-order valence-electron chi connectivity index (χ0n) is 15.6. The fraction of sp³-hybridized carbons (Fsp3) is 0.400. The van der Waals surface area contributed by atoms with Gasteiger partial charge in [0.25, 0.3) is 0 Å². The number of aromatic nitrogens is 4. The van der Waals surface area contributed by atoms with Crippen LogP contribution in [0.15, 0.2) is 30.7 Å². The van der Waals surface area contributed by atoms with E-state index in [1.165, 1.54) is 19.3 Å². The Bertz CT molecular complexity index is 1040. The molecule has 3 aromatic heterocycles. The van der Waals surface area contributed by atoms with Crippen molar-refractivity contribution in [1.29, 1.82) is 5.26 Å². The maximum atomic E-state index is 12.4. The van der Waals surface area contributed by atoms with Crippen molar-refractivity contribution in [2.75, 3.05) is 11.4 Å². The normalized spacial score (nSPS) is 18.3. The third-order valence-electron chi connectivity index (χ3n) is 4.82. The summed E-state index contributed by atoms with van der Waals surface area (Å²) < 4.78 is 3.55. The van der Waals surface area contributed by atoms with Crippen LogP contribution in [0.5, 0.6) is 0 Å². The molecular weight excluding hydrogens is 340 g/mol. The second kappa shape index (κ2) is 6.88. The predicted octanol–water partition coefficient (Wildman–Crippen LogP) is 3.09. The summed E-state index contributed by atoms with van der Waals surface area (Å²) >= 11 is 0. The van der Waals surface area contributed by atoms with E-state index in [0.717, 1.165) is 28.0 Å². The van der Waals surface area contributed by atoms with E-state index < -0.39 is 5.92 Å². The summed E-state index contributed by atoms with van der Waals surface area (Å²) in [6.07, 6.45) is 10.6. The van der Waals surface area contributed by atoms with Crippen LogP contribution in [-0.4, -0.2) is 31.8 Å². The molecule has 5 rings (SSSR count). The van der Waals surface area contributed by atoms with Gasteiger partial charge in [0.05, 0.1) is 23.0 Å². The molecule has 0 bridgehead atoms. The average Bonchev–Trinajstić information content (AvgIpc) is 3.31. The maximum Gasteiger partial charge on any atom is 0.244 e. The Morgan fingerprint density at radius 2 is 2.04 bits per heavy atom. The van der Waals surface area contributed by atoms with Crippen LogP contribution in [0.4, 0.5) is 5.69 Å². The summed E-state index contributed by atoms with van der Waals surface area (Å²) in [7, 11) is 1.89. The molecule has 1 aliphatic heterocycles. The van der Waals surface area contributed by atoms with Crippen molar-refractivity contribution in [3.05, 3.63) is 36.4 Å². The molecule has 7 heteroatoms. The third kappa shape index (κ3) is 3.31. The van der Waals surface area contributed by atoms with Crippen LogP contribution < -0.4 is 4.90 Å². The van der Waals surface area contributed by atoms with Crippen LogP contribution in [-0.2, 0) is 11.8 Å². The number of hydrogen-bond acceptors (Lipinski definition) is 4. The fourth-order valence-electron chi connectivity index (χ4n) is 3.30. The quantitative estimate of drug-likeness (QED) is 0.702. The summed E-state index contributed by atoms with van der Waals surface area (Å²) in [5, 5.41) is 17.8. The van der Waals surface area contributed by atoms with Crippen LogP contribution in [0.1, 0.15) is 31.4 Å². The zero-order valence-corrected chi connectivity index (χ0v) is 15.6. The predicted molar refractivity (Wildman–Crippen MR) is 102 cm³/mol. The number of anilines is 1. The molecule has 1 saturated carbocycles. The first-order valence-corrected chi connectivity index (χ1v) is 9.27. The first-order chi connectivity index (χ1) is 13.1. The van der Waals surface area contributed by atoms with E-state index in [9.17, 15) is 4.79 Å². The fourth-order valence-corrected chi connectivity index (χ4v) is 3.30. The van der Waals surface area contributed by atoms with E-state index in [-0.39, 0.29) is 5.91 Å². The molecule has 1 saturated heterocycles. The molecule has 0 spiro atoms. The van der Waals surface area contributed by atoms with E-state index in [0.29, 0.717) is 13.0 Å². The van der Waals surface area contributed by atoms with Crippen molar-refractivity contribution in [2.45, 2.75) is 32.6 Å². The zero-order chi connectivity index (χ0) is 19.0. The van der Waals surface area contributed by atoms with Crippen molar-refractivity contribution in [1.82, 2.24) is 19.4 Å². The van der Waals surface area contributed by atoms with Gasteiger partial charge in [0.2, 0.25) is 5.91 Å². The van der Waals surface area contributed by atoms with E-state index in [1.54, 1.807) is 20.3 Å². The third-order valence-corrected chi connectivity index (χ3v) is 4.82. The van der Waals surface area contributed by atoms with Crippen LogP contribution in [0.2, 0.25) is 0 Å². The molecule has 27 heavy (non-hydrogen) atoms. The van der Waals surface area contributed by atoms with Crippen LogP contribution >= 0.6 is 0 Å². The number of hydrogen-bond donors (Lipinski definition) is 0. The van der Waals surface area contributed by atoms with Crippen molar-refractivity contribution >= 4 is 17.1 Å². The highest BCUT2D eigenvalue weighted by Gasteiger charge is 2.33. The lowest BCUT2D eigenvalue weighted by Gasteiger charge is -2.16. The molecule has 138 valence electrons. The molecule has 0 N–H and O–H groups in total. The van der Waals surface area contributed by atoms with Crippen molar-refractivity contribution in [3.63, 3.8) is 0 Å². The van der Waals surface area contributed by atoms with Gasteiger partial charge >= 0.3 is 0 Å². The lowest BCUT2D eigenvalue weighted by atomic mass is 10.1. The van der Waals surface area contributed by atoms with Crippen molar-refractivity contribution in [3.8, 4) is 17.2 Å². The molecule has 2 aliphatic rings. The van der Waals surface area contributed by atoms with Crippen LogP contribution in [0.25, 0.3) is 16.6 Å². The monoisotopic (exact) mass is 362 g/mol. The molecule has 7 nitrogen and oxygen atoms in total. The number of fused-ring (bicyclic) bond motifs is 1. The number of amides is 1. The van der Waals surface area contributed by atoms with Crippen LogP contribution in [0, 0.1) is 24.2 Å². The highest BCUT2D eigenvalue weighted by Crippen LogP contribution is 2.32. The van der Waals surface area contributed by atoms with Gasteiger partial charge in [0.1, 0.15) is 5.92 Å². The van der Waals surface area contributed by atoms with E-state index >= 15 is 0 Å². The molecule has 0 aromatic carbocycles. The molecule has 3 aromatic rings. The Morgan fingerprint density at radius 1 is 1.26 bits per heavy atom. The second-order valence-corrected chi connectivity index (χ2v) is 7.10. The Kier molecular flexibility index (Phi) is 4.40. The van der Waals surface area contributed by atoms with Gasteiger partial charge in [-0.1, -0.05) is 19.3 Å². The summed E-state index contributed by atoms with van der Waals surface area (Å²) in [5.74, 6) is -0.681. The summed E-state index contributed by atoms with van der Waals surface area (Å²) in [6.45, 7) is 2.52. The topological polar surface area (TPSA) is 79.2 Å². The number of carbonyl (C=O) groups is 1. The number of carbonyl (C=O) groups excluding carboxylic acids is 1. The first-order valence-electron chi connectivity index (χ1n) is 9.27. The molecular formula is C20H22N6O. The Morgan fingerprint density at radius 3 is 2.63 bits per heavy atom. The molecule has 1 aliphatic carbocycles. The van der Waals surface area contributed by atoms with Gasteiger partial charge in [0.15, 0.2) is 0 Å². The minimum atomic E-state index is -0.548. The number of rotatable bonds is 2. The minimum absolute atomic E-state index is 0.133. The molecule has 1 atom stereocenters. The van der Waals surface area contributed by atoms with E-state index in [1.807, 2.05) is 38.5 Å². The number of aryl methyl sites for hydroxylation is 2. The molecule has 1 amide bonds. The standard InChI is InChI=1S/C17H16N6O.C3H6/c1-11-14(10-21(2)20-11)13-7-16-15(3-5-19-23(16)9-13)22-6-4-12(8-18)17(22)24;1-2-3-1/h3,5,7,9-10,12H,4,6H2,1-2H3;1-3H2. The average molecular weight is 362 g/mol. The first kappa shape index (κ1) is 17.3. The minimum Gasteiger partial charge on any atom is -0.309 e. The Hall–Kier alpha value is -3.14. The van der Waals surface area contributed by atoms with Crippen molar-refractivity contribution in [2.24, 2.45) is 13.0 Å². The lowest BCUT2D eigenvalue weighted by molar-refractivity contribution is -0.118. The maximum absolute atomic E-state index is 12.4. The lowest BCUT2D eigenvalue weighted by Crippen LogP contribution is -2.27. The van der Waals surface area contributed by atoms with Gasteiger partial charge in [-0.15, -0.1) is 0 Å². The SMILES string of the molecule is C1CC1.Cc1nn(C)cc1-c1cc2c(N3CCC(C#N)C3=O)ccnn2c1. The van der Waals surface area contributed by atoms with Gasteiger partial charge < -0.3 is 4.90 Å². The Labute approximate surface area is 157 Å². The second-order valence-electron chi connectivity index (χ2n) is 7.10. The van der Waals surface area contributed by atoms with Gasteiger partial charge in [0, 0.05) is 43.3 Å². The van der Waals surface area contributed by atoms with Gasteiger partial charge in [-0.25, -0.2) is 4.52 Å². The molecule has 1 unspecified atom stereocenters.